The molecule has 0 aromatic heterocycles. The summed E-state index contributed by atoms with van der Waals surface area (Å²) in [7, 11) is -10.3. The number of amides is 3. The van der Waals surface area contributed by atoms with E-state index in [9.17, 15) is 39.6 Å². The number of rotatable bonds is 20. The van der Waals surface area contributed by atoms with Crippen molar-refractivity contribution in [3.63, 3.8) is 0 Å². The van der Waals surface area contributed by atoms with Gasteiger partial charge in [-0.05, 0) is 206 Å². The Morgan fingerprint density at radius 3 is 1.28 bits per heavy atom. The molecule has 89 heavy (non-hydrogen) atoms. The monoisotopic (exact) mass is 1300 g/mol. The minimum Gasteiger partial charge on any atom is -0.494 e. The van der Waals surface area contributed by atoms with Gasteiger partial charge in [0.1, 0.15) is 59.5 Å². The van der Waals surface area contributed by atoms with Crippen molar-refractivity contribution in [2.45, 2.75) is 164 Å². The molecule has 5 aromatic carbocycles. The minimum absolute atomic E-state index is 0.0539. The fraction of sp³-hybridized carbons (Fsp3) is 0.485. The van der Waals surface area contributed by atoms with Crippen LogP contribution >= 0.6 is 0 Å². The van der Waals surface area contributed by atoms with Crippen molar-refractivity contribution in [2.75, 3.05) is 50.4 Å². The van der Waals surface area contributed by atoms with Crippen molar-refractivity contribution in [1.82, 2.24) is 10.6 Å². The maximum atomic E-state index is 13.4. The van der Waals surface area contributed by atoms with Crippen LogP contribution in [0.1, 0.15) is 158 Å². The lowest BCUT2D eigenvalue weighted by atomic mass is 10.1. The maximum Gasteiger partial charge on any atom is 0.434 e. The molecule has 5 rings (SSSR count). The van der Waals surface area contributed by atoms with Gasteiger partial charge in [-0.25, -0.2) is 39.6 Å². The van der Waals surface area contributed by atoms with Gasteiger partial charge in [0, 0.05) is 24.8 Å². The van der Waals surface area contributed by atoms with E-state index < -0.39 is 82.1 Å². The third kappa shape index (κ3) is 30.2. The lowest BCUT2D eigenvalue weighted by Crippen LogP contribution is -2.38. The number of aliphatic imine (C=N–C) groups is 1. The van der Waals surface area contributed by atoms with E-state index in [0.29, 0.717) is 49.1 Å². The average molecular weight is 1300 g/mol. The molecule has 5 aromatic rings. The van der Waals surface area contributed by atoms with Gasteiger partial charge in [0.05, 0.1) is 48.9 Å². The first kappa shape index (κ1) is 77.9. The van der Waals surface area contributed by atoms with Crippen molar-refractivity contribution in [1.29, 1.82) is 0 Å². The largest absolute Gasteiger partial charge is 0.494 e. The summed E-state index contributed by atoms with van der Waals surface area (Å²) in [5.74, 6) is 2.52. The molecule has 0 aliphatic rings. The topological polar surface area (TPSA) is 281 Å². The predicted octanol–water partition coefficient (Wildman–Crippen LogP) is 12.9. The molecule has 494 valence electrons. The molecule has 0 fully saturated rings. The Labute approximate surface area is 529 Å². The van der Waals surface area contributed by atoms with Gasteiger partial charge in [0.2, 0.25) is 9.84 Å². The molecule has 3 amide bonds. The highest BCUT2D eigenvalue weighted by molar-refractivity contribution is 7.91. The summed E-state index contributed by atoms with van der Waals surface area (Å²) in [6.07, 6.45) is 1.74. The molecule has 0 spiro atoms. The van der Waals surface area contributed by atoms with E-state index in [4.69, 9.17) is 38.9 Å². The van der Waals surface area contributed by atoms with E-state index in [-0.39, 0.29) is 16.4 Å². The zero-order valence-electron chi connectivity index (χ0n) is 55.6. The fourth-order valence-corrected chi connectivity index (χ4v) is 11.1. The molecule has 3 unspecified atom stereocenters. The van der Waals surface area contributed by atoms with Gasteiger partial charge in [-0.1, -0.05) is 66.2 Å². The van der Waals surface area contributed by atoms with Crippen LogP contribution in [0.5, 0.6) is 23.0 Å². The predicted molar refractivity (Wildman–Crippen MR) is 352 cm³/mol. The van der Waals surface area contributed by atoms with Crippen LogP contribution < -0.4 is 35.3 Å². The third-order valence-corrected chi connectivity index (χ3v) is 15.7. The molecule has 3 atom stereocenters. The number of carbonyl (C=O) groups excluding carboxylic acids is 3. The number of benzene rings is 5. The number of hydrogen-bond acceptors (Lipinski definition) is 17. The fourth-order valence-electron chi connectivity index (χ4n) is 7.83. The molecular weight excluding hydrogens is 1200 g/mol. The van der Waals surface area contributed by atoms with E-state index >= 15 is 0 Å². The van der Waals surface area contributed by atoms with Gasteiger partial charge < -0.3 is 49.5 Å². The summed E-state index contributed by atoms with van der Waals surface area (Å²) in [6, 6.07) is 27.0. The molecule has 0 aliphatic carbocycles. The lowest BCUT2D eigenvalue weighted by molar-refractivity contribution is 0.0501. The van der Waals surface area contributed by atoms with Crippen LogP contribution in [0, 0.1) is 34.6 Å². The van der Waals surface area contributed by atoms with E-state index in [0.717, 1.165) is 56.7 Å². The highest BCUT2D eigenvalue weighted by Crippen LogP contribution is 2.32. The number of hydrogen-bond donors (Lipinski definition) is 3. The number of alkyl carbamates (subject to hydrolysis) is 2. The summed E-state index contributed by atoms with van der Waals surface area (Å²) in [5.41, 5.74) is 11.4. The van der Waals surface area contributed by atoms with E-state index in [1.54, 1.807) is 105 Å². The van der Waals surface area contributed by atoms with Gasteiger partial charge in [-0.2, -0.15) is 4.99 Å². The standard InChI is InChI=1S/C22H29NO5S.C17H27NO5S.C15H21NO3.C12H19NO3S/c1-7-27-19-14-17(11-10-16(19)3)20(23-21(24)28-22(4,5)6)29(25,26)18-12-8-15(2)9-13-18;1-7-22-15-10-13(9-8-12(15)2)14(11-24(6,20)21)18-16(19)23-17(3,4)5;1-6-18-13-9-12(8-7-11(13)2)10-16-14(17)19-15(3,4)5;1-4-16-12-7-10(6-5-9(12)2)11(13)8-17(3,14)15/h8-14,20H,7H2,1-6H3,(H,23,24);8-10,14H,7,11H2,1-6H3,(H,18,19);7-10H,6H2,1-5H3;5-7,11H,4,8,13H2,1-3H3. The number of sulfone groups is 3. The number of ether oxygens (including phenoxy) is 7. The Morgan fingerprint density at radius 2 is 0.865 bits per heavy atom. The molecule has 0 saturated heterocycles. The molecule has 0 saturated carbocycles. The molecule has 0 heterocycles. The SMILES string of the molecule is CCOc1cc(C(CS(C)(=O)=O)NC(=O)OC(C)(C)C)ccc1C.CCOc1cc(C(N)CS(C)(=O)=O)ccc1C.CCOc1cc(C(NC(=O)OC(C)(C)C)S(=O)(=O)c2ccc(C)cc2)ccc1C.CCOc1cc(C=NC(=O)OC(C)(C)C)ccc1C. The molecular formula is C66H96N4O16S3. The zero-order chi connectivity index (χ0) is 67.9. The second-order valence-electron chi connectivity index (χ2n) is 23.9. The molecule has 0 radical (unpaired) electrons. The lowest BCUT2D eigenvalue weighted by Gasteiger charge is -2.24. The van der Waals surface area contributed by atoms with Crippen molar-refractivity contribution in [3.8, 4) is 23.0 Å². The van der Waals surface area contributed by atoms with Crippen LogP contribution in [0.15, 0.2) is 107 Å². The van der Waals surface area contributed by atoms with Crippen LogP contribution in [-0.4, -0.2) is 117 Å². The Balaban J connectivity index is 0.000000413. The summed E-state index contributed by atoms with van der Waals surface area (Å²) in [4.78, 5) is 39.8. The number of nitrogens with two attached hydrogens (primary N) is 1. The second kappa shape index (κ2) is 34.7. The first-order valence-corrected chi connectivity index (χ1v) is 34.8. The van der Waals surface area contributed by atoms with Crippen LogP contribution in [0.2, 0.25) is 0 Å². The summed E-state index contributed by atoms with van der Waals surface area (Å²) in [5, 5.41) is 3.85. The first-order chi connectivity index (χ1) is 41.0. The van der Waals surface area contributed by atoms with E-state index in [1.165, 1.54) is 24.6 Å². The van der Waals surface area contributed by atoms with E-state index in [1.807, 2.05) is 105 Å². The Morgan fingerprint density at radius 1 is 0.494 bits per heavy atom. The highest BCUT2D eigenvalue weighted by Gasteiger charge is 2.33. The summed E-state index contributed by atoms with van der Waals surface area (Å²) < 4.78 is 110. The first-order valence-electron chi connectivity index (χ1n) is 29.1. The Bertz CT molecular complexity index is 3500. The average Bonchev–Trinajstić information content (AvgIpc) is 0.880. The molecule has 20 nitrogen and oxygen atoms in total. The number of nitrogens with zero attached hydrogens (tertiary/aromatic N) is 1. The molecule has 23 heteroatoms. The summed E-state index contributed by atoms with van der Waals surface area (Å²) in [6.45, 7) is 35.1. The quantitative estimate of drug-likeness (QED) is 0.0482. The van der Waals surface area contributed by atoms with Gasteiger partial charge in [0.15, 0.2) is 5.37 Å². The maximum absolute atomic E-state index is 13.4. The molecule has 0 bridgehead atoms. The van der Waals surface area contributed by atoms with Crippen molar-refractivity contribution in [2.24, 2.45) is 10.7 Å². The molecule has 4 N–H and O–H groups in total. The van der Waals surface area contributed by atoms with Crippen LogP contribution in [0.4, 0.5) is 14.4 Å². The Kier molecular flexibility index (Phi) is 30.3. The van der Waals surface area contributed by atoms with Gasteiger partial charge in [0.25, 0.3) is 0 Å². The van der Waals surface area contributed by atoms with Gasteiger partial charge in [-0.15, -0.1) is 0 Å². The zero-order valence-corrected chi connectivity index (χ0v) is 58.0. The van der Waals surface area contributed by atoms with E-state index in [2.05, 4.69) is 15.6 Å². The van der Waals surface area contributed by atoms with Gasteiger partial charge >= 0.3 is 18.3 Å². The smallest absolute Gasteiger partial charge is 0.434 e. The van der Waals surface area contributed by atoms with Gasteiger partial charge in [-0.3, -0.25) is 0 Å². The minimum atomic E-state index is -3.93. The summed E-state index contributed by atoms with van der Waals surface area (Å²) >= 11 is 0. The third-order valence-electron chi connectivity index (χ3n) is 11.8. The number of carbonyl (C=O) groups is 3. The Hall–Kier alpha value is -7.21. The van der Waals surface area contributed by atoms with Crippen molar-refractivity contribution < 1.29 is 72.8 Å². The normalized spacial score (nSPS) is 12.8. The van der Waals surface area contributed by atoms with Crippen LogP contribution in [-0.2, 0) is 43.7 Å². The van der Waals surface area contributed by atoms with Crippen LogP contribution in [0.3, 0.4) is 0 Å². The molecule has 0 aliphatic heterocycles. The second-order valence-corrected chi connectivity index (χ2v) is 30.3. The van der Waals surface area contributed by atoms with Crippen LogP contribution in [0.25, 0.3) is 0 Å². The van der Waals surface area contributed by atoms with Crippen molar-refractivity contribution >= 4 is 54.0 Å². The number of nitrogens with one attached hydrogen (secondary N) is 2. The number of aryl methyl sites for hydroxylation is 5. The highest BCUT2D eigenvalue weighted by atomic mass is 32.2. The van der Waals surface area contributed by atoms with Crippen molar-refractivity contribution in [3.05, 3.63) is 147 Å².